The Morgan fingerprint density at radius 1 is 1.50 bits per heavy atom. The molecule has 1 unspecified atom stereocenters. The molecule has 1 fully saturated rings. The number of ether oxygens (including phenoxy) is 1. The van der Waals surface area contributed by atoms with Crippen molar-refractivity contribution in [3.05, 3.63) is 18.3 Å². The minimum absolute atomic E-state index is 0.350. The van der Waals surface area contributed by atoms with Gasteiger partial charge in [0.05, 0.1) is 6.10 Å². The van der Waals surface area contributed by atoms with Gasteiger partial charge in [-0.1, -0.05) is 6.92 Å². The zero-order valence-electron chi connectivity index (χ0n) is 11.4. The molecule has 4 heteroatoms. The van der Waals surface area contributed by atoms with Gasteiger partial charge in [-0.2, -0.15) is 0 Å². The van der Waals surface area contributed by atoms with E-state index >= 15 is 0 Å². The van der Waals surface area contributed by atoms with Crippen LogP contribution in [0.3, 0.4) is 0 Å². The molecule has 1 aromatic rings. The fraction of sp³-hybridized carbons (Fsp3) is 0.643. The van der Waals surface area contributed by atoms with Crippen LogP contribution in [0.4, 0.5) is 11.5 Å². The molecule has 1 saturated heterocycles. The molecule has 0 bridgehead atoms. The van der Waals surface area contributed by atoms with E-state index in [9.17, 15) is 0 Å². The Hall–Kier alpha value is -1.29. The average Bonchev–Trinajstić information content (AvgIpc) is 2.65. The third-order valence-electron chi connectivity index (χ3n) is 3.27. The normalized spacial score (nSPS) is 20.6. The minimum atomic E-state index is 0.350. The third-order valence-corrected chi connectivity index (χ3v) is 3.27. The summed E-state index contributed by atoms with van der Waals surface area (Å²) in [7, 11) is 0. The zero-order chi connectivity index (χ0) is 12.8. The Bertz CT molecular complexity index is 370. The first-order valence-electron chi connectivity index (χ1n) is 6.90. The van der Waals surface area contributed by atoms with Crippen LogP contribution in [0.2, 0.25) is 0 Å². The van der Waals surface area contributed by atoms with Crippen molar-refractivity contribution in [1.82, 2.24) is 4.98 Å². The molecule has 1 aliphatic rings. The molecule has 100 valence electrons. The fourth-order valence-electron chi connectivity index (χ4n) is 2.27. The van der Waals surface area contributed by atoms with Gasteiger partial charge < -0.3 is 15.0 Å². The van der Waals surface area contributed by atoms with E-state index < -0.39 is 0 Å². The Morgan fingerprint density at radius 2 is 2.39 bits per heavy atom. The number of hydrogen-bond acceptors (Lipinski definition) is 4. The van der Waals surface area contributed by atoms with Crippen molar-refractivity contribution in [2.24, 2.45) is 0 Å². The monoisotopic (exact) mass is 249 g/mol. The summed E-state index contributed by atoms with van der Waals surface area (Å²) in [6.45, 7) is 8.08. The maximum absolute atomic E-state index is 5.81. The summed E-state index contributed by atoms with van der Waals surface area (Å²) < 4.78 is 5.81. The zero-order valence-corrected chi connectivity index (χ0v) is 11.4. The van der Waals surface area contributed by atoms with Crippen LogP contribution in [0.15, 0.2) is 18.3 Å². The highest BCUT2D eigenvalue weighted by atomic mass is 16.5. The first kappa shape index (κ1) is 13.1. The lowest BCUT2D eigenvalue weighted by Gasteiger charge is -2.25. The van der Waals surface area contributed by atoms with Crippen LogP contribution >= 0.6 is 0 Å². The Kier molecular flexibility index (Phi) is 4.81. The molecule has 1 aliphatic heterocycles. The van der Waals surface area contributed by atoms with E-state index in [0.29, 0.717) is 6.10 Å². The van der Waals surface area contributed by atoms with Gasteiger partial charge >= 0.3 is 0 Å². The lowest BCUT2D eigenvalue weighted by atomic mass is 10.2. The largest absolute Gasteiger partial charge is 0.376 e. The van der Waals surface area contributed by atoms with E-state index in [1.54, 1.807) is 0 Å². The number of pyridine rings is 1. The van der Waals surface area contributed by atoms with E-state index in [-0.39, 0.29) is 0 Å². The number of nitrogens with zero attached hydrogens (tertiary/aromatic N) is 2. The molecule has 1 atom stereocenters. The highest BCUT2D eigenvalue weighted by Gasteiger charge is 2.17. The van der Waals surface area contributed by atoms with Crippen LogP contribution in [0, 0.1) is 0 Å². The summed E-state index contributed by atoms with van der Waals surface area (Å²) in [5.74, 6) is 0.952. The Morgan fingerprint density at radius 3 is 3.17 bits per heavy atom. The van der Waals surface area contributed by atoms with Gasteiger partial charge in [0.1, 0.15) is 5.82 Å². The molecule has 0 spiro atoms. The van der Waals surface area contributed by atoms with Crippen molar-refractivity contribution >= 4 is 11.5 Å². The number of anilines is 2. The highest BCUT2D eigenvalue weighted by Crippen LogP contribution is 2.20. The molecule has 0 saturated carbocycles. The summed E-state index contributed by atoms with van der Waals surface area (Å²) in [5, 5.41) is 3.26. The van der Waals surface area contributed by atoms with Crippen molar-refractivity contribution in [3.63, 3.8) is 0 Å². The van der Waals surface area contributed by atoms with Crippen LogP contribution in [0.5, 0.6) is 0 Å². The van der Waals surface area contributed by atoms with Crippen LogP contribution < -0.4 is 10.2 Å². The lowest BCUT2D eigenvalue weighted by molar-refractivity contribution is 0.0664. The van der Waals surface area contributed by atoms with Gasteiger partial charge in [0.15, 0.2) is 0 Å². The third kappa shape index (κ3) is 3.35. The molecule has 2 heterocycles. The molecule has 1 aromatic heterocycles. The van der Waals surface area contributed by atoms with Crippen molar-refractivity contribution in [2.45, 2.75) is 32.8 Å². The van der Waals surface area contributed by atoms with E-state index in [4.69, 9.17) is 4.74 Å². The van der Waals surface area contributed by atoms with E-state index in [1.165, 1.54) is 5.69 Å². The summed E-state index contributed by atoms with van der Waals surface area (Å²) in [6.07, 6.45) is 4.39. The summed E-state index contributed by atoms with van der Waals surface area (Å²) >= 11 is 0. The maximum atomic E-state index is 5.81. The predicted molar refractivity (Wildman–Crippen MR) is 75.3 cm³/mol. The molecular weight excluding hydrogens is 226 g/mol. The summed E-state index contributed by atoms with van der Waals surface area (Å²) in [5.41, 5.74) is 1.24. The Balaban J connectivity index is 2.10. The second kappa shape index (κ2) is 6.59. The van der Waals surface area contributed by atoms with E-state index in [1.807, 2.05) is 6.20 Å². The number of aromatic nitrogens is 1. The van der Waals surface area contributed by atoms with Crippen molar-refractivity contribution < 1.29 is 4.74 Å². The molecule has 0 aliphatic carbocycles. The van der Waals surface area contributed by atoms with Crippen LogP contribution in [-0.4, -0.2) is 37.3 Å². The number of hydrogen-bond donors (Lipinski definition) is 1. The number of rotatable bonds is 4. The first-order chi connectivity index (χ1) is 8.83. The first-order valence-corrected chi connectivity index (χ1v) is 6.90. The van der Waals surface area contributed by atoms with Gasteiger partial charge in [-0.25, -0.2) is 4.98 Å². The molecule has 2 rings (SSSR count). The summed E-state index contributed by atoms with van der Waals surface area (Å²) in [4.78, 5) is 6.72. The van der Waals surface area contributed by atoms with Crippen molar-refractivity contribution in [1.29, 1.82) is 0 Å². The average molecular weight is 249 g/mol. The smallest absolute Gasteiger partial charge is 0.127 e. The van der Waals surface area contributed by atoms with E-state index in [2.05, 4.69) is 41.2 Å². The highest BCUT2D eigenvalue weighted by molar-refractivity contribution is 5.54. The molecular formula is C14H23N3O. The van der Waals surface area contributed by atoms with Gasteiger partial charge in [0, 0.05) is 44.2 Å². The topological polar surface area (TPSA) is 37.4 Å². The van der Waals surface area contributed by atoms with E-state index in [0.717, 1.165) is 44.9 Å². The molecule has 1 N–H and O–H groups in total. The minimum Gasteiger partial charge on any atom is -0.376 e. The standard InChI is InChI=1S/C14H23N3O/c1-3-13-11-17(8-5-9-18-13)12-6-7-16-14(10-12)15-4-2/h6-7,10,13H,3-5,8-9,11H2,1-2H3,(H,15,16). The molecule has 18 heavy (non-hydrogen) atoms. The second-order valence-electron chi connectivity index (χ2n) is 4.63. The van der Waals surface area contributed by atoms with Crippen molar-refractivity contribution in [3.8, 4) is 0 Å². The van der Waals surface area contributed by atoms with Gasteiger partial charge in [-0.15, -0.1) is 0 Å². The molecule has 0 aromatic carbocycles. The maximum Gasteiger partial charge on any atom is 0.127 e. The predicted octanol–water partition coefficient (Wildman–Crippen LogP) is 2.52. The van der Waals surface area contributed by atoms with Gasteiger partial charge in [0.2, 0.25) is 0 Å². The van der Waals surface area contributed by atoms with Gasteiger partial charge in [0.25, 0.3) is 0 Å². The molecule has 4 nitrogen and oxygen atoms in total. The quantitative estimate of drug-likeness (QED) is 0.889. The Labute approximate surface area is 109 Å². The number of nitrogens with one attached hydrogen (secondary N) is 1. The molecule has 0 radical (unpaired) electrons. The van der Waals surface area contributed by atoms with Crippen LogP contribution in [-0.2, 0) is 4.74 Å². The summed E-state index contributed by atoms with van der Waals surface area (Å²) in [6, 6.07) is 4.21. The van der Waals surface area contributed by atoms with Gasteiger partial charge in [-0.3, -0.25) is 0 Å². The SMILES string of the molecule is CCNc1cc(N2CCCOC(CC)C2)ccn1. The van der Waals surface area contributed by atoms with Gasteiger partial charge in [-0.05, 0) is 25.8 Å². The molecule has 0 amide bonds. The van der Waals surface area contributed by atoms with Crippen LogP contribution in [0.1, 0.15) is 26.7 Å². The van der Waals surface area contributed by atoms with Crippen molar-refractivity contribution in [2.75, 3.05) is 36.5 Å². The second-order valence-corrected chi connectivity index (χ2v) is 4.63. The fourth-order valence-corrected chi connectivity index (χ4v) is 2.27. The lowest BCUT2D eigenvalue weighted by Crippen LogP contribution is -2.31. The van der Waals surface area contributed by atoms with Crippen LogP contribution in [0.25, 0.3) is 0 Å².